The predicted octanol–water partition coefficient (Wildman–Crippen LogP) is 1.74. The normalized spacial score (nSPS) is 25.5. The van der Waals surface area contributed by atoms with Gasteiger partial charge < -0.3 is 0 Å². The molecule has 0 fully saturated rings. The van der Waals surface area contributed by atoms with Gasteiger partial charge in [0.1, 0.15) is 5.25 Å². The van der Waals surface area contributed by atoms with E-state index in [1.54, 1.807) is 24.3 Å². The van der Waals surface area contributed by atoms with Crippen LogP contribution in [0.3, 0.4) is 0 Å². The third-order valence-electron chi connectivity index (χ3n) is 2.68. The van der Waals surface area contributed by atoms with Crippen LogP contribution in [0.2, 0.25) is 5.02 Å². The first-order valence-corrected chi connectivity index (χ1v) is 8.97. The zero-order valence-electron chi connectivity index (χ0n) is 9.28. The number of hydrogen-bond donors (Lipinski definition) is 0. The average Bonchev–Trinajstić information content (AvgIpc) is 2.36. The zero-order valence-corrected chi connectivity index (χ0v) is 11.7. The van der Waals surface area contributed by atoms with Gasteiger partial charge in [-0.2, -0.15) is 0 Å². The first kappa shape index (κ1) is 13.6. The predicted molar refractivity (Wildman–Crippen MR) is 70.9 cm³/mol. The number of rotatable bonds is 1. The van der Waals surface area contributed by atoms with E-state index in [1.807, 2.05) is 0 Å². The van der Waals surface area contributed by atoms with Crippen molar-refractivity contribution in [1.29, 1.82) is 0 Å². The highest BCUT2D eigenvalue weighted by atomic mass is 35.5. The summed E-state index contributed by atoms with van der Waals surface area (Å²) in [6.45, 7) is 0. The lowest BCUT2D eigenvalue weighted by Gasteiger charge is -2.13. The number of sulfone groups is 2. The van der Waals surface area contributed by atoms with Crippen LogP contribution >= 0.6 is 11.6 Å². The van der Waals surface area contributed by atoms with Crippen molar-refractivity contribution in [3.05, 3.63) is 46.3 Å². The van der Waals surface area contributed by atoms with E-state index in [1.165, 1.54) is 6.08 Å². The summed E-state index contributed by atoms with van der Waals surface area (Å²) in [5, 5.41) is 0.401. The van der Waals surface area contributed by atoms with Gasteiger partial charge in [-0.3, -0.25) is 0 Å². The SMILES string of the molecule is O=S1(=O)CC=CS(=O)(=O)C(c2ccc(Cl)cc2)C1. The van der Waals surface area contributed by atoms with E-state index in [-0.39, 0.29) is 5.75 Å². The Morgan fingerprint density at radius 2 is 1.67 bits per heavy atom. The van der Waals surface area contributed by atoms with Crippen molar-refractivity contribution < 1.29 is 16.8 Å². The molecule has 0 amide bonds. The van der Waals surface area contributed by atoms with E-state index < -0.39 is 30.7 Å². The minimum Gasteiger partial charge on any atom is -0.228 e. The summed E-state index contributed by atoms with van der Waals surface area (Å²) in [5.74, 6) is -0.639. The highest BCUT2D eigenvalue weighted by Crippen LogP contribution is 2.29. The van der Waals surface area contributed by atoms with Gasteiger partial charge in [-0.05, 0) is 17.7 Å². The fraction of sp³-hybridized carbons (Fsp3) is 0.273. The number of hydrogen-bond acceptors (Lipinski definition) is 4. The molecule has 2 rings (SSSR count). The van der Waals surface area contributed by atoms with E-state index in [2.05, 4.69) is 0 Å². The molecule has 0 spiro atoms. The van der Waals surface area contributed by atoms with Gasteiger partial charge in [0.05, 0.1) is 11.5 Å². The first-order chi connectivity index (χ1) is 8.30. The molecule has 0 bridgehead atoms. The van der Waals surface area contributed by atoms with Gasteiger partial charge in [0, 0.05) is 10.4 Å². The fourth-order valence-electron chi connectivity index (χ4n) is 1.77. The standard InChI is InChI=1S/C11H11ClO4S2/c12-10-4-2-9(3-5-10)11-8-17(13,14)6-1-7-18(11,15)16/h1-5,7,11H,6,8H2. The second-order valence-electron chi connectivity index (χ2n) is 4.08. The van der Waals surface area contributed by atoms with Crippen LogP contribution < -0.4 is 0 Å². The Labute approximate surface area is 111 Å². The molecule has 4 nitrogen and oxygen atoms in total. The molecule has 18 heavy (non-hydrogen) atoms. The third-order valence-corrected chi connectivity index (χ3v) is 6.49. The van der Waals surface area contributed by atoms with Crippen LogP contribution in [0.5, 0.6) is 0 Å². The van der Waals surface area contributed by atoms with Gasteiger partial charge >= 0.3 is 0 Å². The highest BCUT2D eigenvalue weighted by Gasteiger charge is 2.32. The summed E-state index contributed by atoms with van der Waals surface area (Å²) in [5.41, 5.74) is 0.439. The number of benzene rings is 1. The second-order valence-corrected chi connectivity index (χ2v) is 8.69. The van der Waals surface area contributed by atoms with E-state index >= 15 is 0 Å². The number of halogens is 1. The lowest BCUT2D eigenvalue weighted by atomic mass is 10.2. The Bertz CT molecular complexity index is 672. The molecule has 1 heterocycles. The molecule has 98 valence electrons. The molecule has 1 aromatic rings. The van der Waals surface area contributed by atoms with Crippen molar-refractivity contribution in [1.82, 2.24) is 0 Å². The molecule has 1 atom stereocenters. The summed E-state index contributed by atoms with van der Waals surface area (Å²) < 4.78 is 47.3. The molecule has 1 aliphatic rings. The van der Waals surface area contributed by atoms with Gasteiger partial charge in [0.2, 0.25) is 0 Å². The first-order valence-electron chi connectivity index (χ1n) is 5.16. The summed E-state index contributed by atoms with van der Waals surface area (Å²) in [6.07, 6.45) is 1.18. The van der Waals surface area contributed by atoms with Gasteiger partial charge in [-0.15, -0.1) is 0 Å². The van der Waals surface area contributed by atoms with Crippen LogP contribution in [0.4, 0.5) is 0 Å². The molecule has 0 aliphatic carbocycles. The Hall–Kier alpha value is -0.850. The minimum atomic E-state index is -3.60. The molecule has 0 radical (unpaired) electrons. The van der Waals surface area contributed by atoms with Gasteiger partial charge in [0.15, 0.2) is 19.7 Å². The smallest absolute Gasteiger partial charge is 0.179 e. The molecule has 1 aromatic carbocycles. The van der Waals surface area contributed by atoms with Crippen LogP contribution in [0.25, 0.3) is 0 Å². The van der Waals surface area contributed by atoms with E-state index in [9.17, 15) is 16.8 Å². The summed E-state index contributed by atoms with van der Waals surface area (Å²) in [4.78, 5) is 0. The molecular weight excluding hydrogens is 296 g/mol. The van der Waals surface area contributed by atoms with Gasteiger partial charge in [-0.25, -0.2) is 16.8 Å². The molecule has 1 aliphatic heterocycles. The second kappa shape index (κ2) is 4.68. The summed E-state index contributed by atoms with van der Waals surface area (Å²) in [6, 6.07) is 6.18. The summed E-state index contributed by atoms with van der Waals surface area (Å²) in [7, 11) is -7.00. The maximum Gasteiger partial charge on any atom is 0.179 e. The van der Waals surface area contributed by atoms with Crippen molar-refractivity contribution in [3.63, 3.8) is 0 Å². The molecule has 0 saturated heterocycles. The highest BCUT2D eigenvalue weighted by molar-refractivity contribution is 7.97. The van der Waals surface area contributed by atoms with Crippen molar-refractivity contribution in [2.45, 2.75) is 5.25 Å². The topological polar surface area (TPSA) is 68.3 Å². The maximum atomic E-state index is 12.0. The van der Waals surface area contributed by atoms with Crippen LogP contribution in [-0.2, 0) is 19.7 Å². The zero-order chi connectivity index (χ0) is 13.4. The van der Waals surface area contributed by atoms with Crippen molar-refractivity contribution in [2.24, 2.45) is 0 Å². The van der Waals surface area contributed by atoms with Gasteiger partial charge in [0.25, 0.3) is 0 Å². The monoisotopic (exact) mass is 306 g/mol. The quantitative estimate of drug-likeness (QED) is 0.792. The van der Waals surface area contributed by atoms with Gasteiger partial charge in [-0.1, -0.05) is 29.8 Å². The molecule has 7 heteroatoms. The lowest BCUT2D eigenvalue weighted by molar-refractivity contribution is 0.584. The Balaban J connectivity index is 2.52. The lowest BCUT2D eigenvalue weighted by Crippen LogP contribution is -2.20. The maximum absolute atomic E-state index is 12.0. The van der Waals surface area contributed by atoms with E-state index in [0.717, 1.165) is 5.41 Å². The van der Waals surface area contributed by atoms with Crippen LogP contribution in [0, 0.1) is 0 Å². The third kappa shape index (κ3) is 2.93. The Morgan fingerprint density at radius 3 is 2.28 bits per heavy atom. The summed E-state index contributed by atoms with van der Waals surface area (Å²) >= 11 is 5.73. The largest absolute Gasteiger partial charge is 0.228 e. The Morgan fingerprint density at radius 1 is 1.06 bits per heavy atom. The minimum absolute atomic E-state index is 0.240. The molecule has 0 aromatic heterocycles. The van der Waals surface area contributed by atoms with Crippen molar-refractivity contribution >= 4 is 31.3 Å². The molecule has 0 saturated carbocycles. The molecule has 0 N–H and O–H groups in total. The van der Waals surface area contributed by atoms with E-state index in [4.69, 9.17) is 11.6 Å². The van der Waals surface area contributed by atoms with Crippen molar-refractivity contribution in [2.75, 3.05) is 11.5 Å². The molecule has 1 unspecified atom stereocenters. The fourth-order valence-corrected chi connectivity index (χ4v) is 5.67. The average molecular weight is 307 g/mol. The molecular formula is C11H11ClO4S2. The van der Waals surface area contributed by atoms with Crippen LogP contribution in [0.15, 0.2) is 35.7 Å². The van der Waals surface area contributed by atoms with Crippen LogP contribution in [-0.4, -0.2) is 28.3 Å². The van der Waals surface area contributed by atoms with E-state index in [0.29, 0.717) is 10.6 Å². The van der Waals surface area contributed by atoms with Crippen LogP contribution in [0.1, 0.15) is 10.8 Å². The van der Waals surface area contributed by atoms with Crippen molar-refractivity contribution in [3.8, 4) is 0 Å². The Kier molecular flexibility index (Phi) is 3.53.